The zero-order chi connectivity index (χ0) is 20.0. The van der Waals surface area contributed by atoms with Crippen molar-refractivity contribution in [3.63, 3.8) is 0 Å². The fraction of sp³-hybridized carbons (Fsp3) is 0.286. The molecule has 0 amide bonds. The predicted molar refractivity (Wildman–Crippen MR) is 99.0 cm³/mol. The normalized spacial score (nSPS) is 13.1. The van der Waals surface area contributed by atoms with Crippen LogP contribution in [0.25, 0.3) is 22.2 Å². The Morgan fingerprint density at radius 2 is 1.61 bits per heavy atom. The quantitative estimate of drug-likeness (QED) is 0.444. The summed E-state index contributed by atoms with van der Waals surface area (Å²) in [5.74, 6) is 0. The molecule has 1 aromatic heterocycles. The maximum Gasteiger partial charge on any atom is 0.381 e. The zero-order valence-electron chi connectivity index (χ0n) is 15.4. The summed E-state index contributed by atoms with van der Waals surface area (Å²) in [5, 5.41) is 18.1. The number of nitrogens with zero attached hydrogens (tertiary/aromatic N) is 1. The number of alkyl halides is 3. The number of aliphatic hydroxyl groups excluding tert-OH is 2. The van der Waals surface area contributed by atoms with Crippen LogP contribution in [0.15, 0.2) is 54.6 Å². The maximum absolute atomic E-state index is 12.5. The second-order valence-electron chi connectivity index (χ2n) is 6.31. The van der Waals surface area contributed by atoms with Crippen LogP contribution in [-0.2, 0) is 26.3 Å². The first kappa shape index (κ1) is 24.2. The average molecular weight is 569 g/mol. The third-order valence-corrected chi connectivity index (χ3v) is 3.70. The molecule has 3 aromatic rings. The minimum Gasteiger partial charge on any atom is -0.393 e. The first-order valence-corrected chi connectivity index (χ1v) is 8.48. The van der Waals surface area contributed by atoms with Gasteiger partial charge in [0.25, 0.3) is 0 Å². The van der Waals surface area contributed by atoms with Gasteiger partial charge in [0.15, 0.2) is 0 Å². The summed E-state index contributed by atoms with van der Waals surface area (Å²) in [6.45, 7) is 3.32. The van der Waals surface area contributed by atoms with Gasteiger partial charge >= 0.3 is 6.18 Å². The third-order valence-electron chi connectivity index (χ3n) is 3.70. The van der Waals surface area contributed by atoms with Gasteiger partial charge in [-0.2, -0.15) is 13.2 Å². The predicted octanol–water partition coefficient (Wildman–Crippen LogP) is 4.86. The molecule has 28 heavy (non-hydrogen) atoms. The fourth-order valence-corrected chi connectivity index (χ4v) is 2.47. The number of para-hydroxylation sites is 1. The Morgan fingerprint density at radius 3 is 2.11 bits per heavy atom. The van der Waals surface area contributed by atoms with E-state index in [9.17, 15) is 13.2 Å². The topological polar surface area (TPSA) is 53.4 Å². The van der Waals surface area contributed by atoms with Crippen LogP contribution in [0.5, 0.6) is 0 Å². The first-order chi connectivity index (χ1) is 12.7. The smallest absolute Gasteiger partial charge is 0.381 e. The Balaban J connectivity index is 0.000000425. The van der Waals surface area contributed by atoms with Crippen molar-refractivity contribution in [1.29, 1.82) is 0 Å². The van der Waals surface area contributed by atoms with E-state index >= 15 is 0 Å². The van der Waals surface area contributed by atoms with Crippen molar-refractivity contribution < 1.29 is 43.5 Å². The number of fused-ring (bicyclic) bond motifs is 1. The minimum atomic E-state index is -4.34. The number of hydrogen-bond donors (Lipinski definition) is 2. The van der Waals surface area contributed by atoms with Crippen molar-refractivity contribution in [2.75, 3.05) is 0 Å². The second kappa shape index (κ2) is 10.7. The molecule has 0 aliphatic heterocycles. The molecule has 0 fully saturated rings. The van der Waals surface area contributed by atoms with E-state index in [4.69, 9.17) is 10.2 Å². The summed E-state index contributed by atoms with van der Waals surface area (Å²) in [6, 6.07) is 17.3. The Hall–Kier alpha value is -1.79. The zero-order valence-corrected chi connectivity index (χ0v) is 17.8. The summed E-state index contributed by atoms with van der Waals surface area (Å²) >= 11 is 0. The number of rotatable bonds is 3. The molecule has 0 bridgehead atoms. The van der Waals surface area contributed by atoms with Gasteiger partial charge in [-0.1, -0.05) is 30.3 Å². The molecule has 2 aromatic carbocycles. The molecule has 0 saturated carbocycles. The fourth-order valence-electron chi connectivity index (χ4n) is 2.47. The summed E-state index contributed by atoms with van der Waals surface area (Å²) < 4.78 is 37.5. The molecule has 2 atom stereocenters. The van der Waals surface area contributed by atoms with Crippen LogP contribution in [0.2, 0.25) is 0 Å². The Labute approximate surface area is 175 Å². The number of aromatic nitrogens is 1. The van der Waals surface area contributed by atoms with E-state index in [2.05, 4.69) is 11.1 Å². The molecular formula is C21H21F3IrNO2-. The summed E-state index contributed by atoms with van der Waals surface area (Å²) in [4.78, 5) is 4.42. The van der Waals surface area contributed by atoms with E-state index in [0.29, 0.717) is 17.7 Å². The molecule has 153 valence electrons. The van der Waals surface area contributed by atoms with Crippen molar-refractivity contribution in [1.82, 2.24) is 4.98 Å². The van der Waals surface area contributed by atoms with Crippen LogP contribution in [0.4, 0.5) is 13.2 Å². The van der Waals surface area contributed by atoms with E-state index in [1.54, 1.807) is 19.9 Å². The van der Waals surface area contributed by atoms with Gasteiger partial charge < -0.3 is 10.2 Å². The largest absolute Gasteiger partial charge is 0.393 e. The van der Waals surface area contributed by atoms with Crippen molar-refractivity contribution >= 4 is 10.9 Å². The molecule has 1 radical (unpaired) electrons. The molecule has 1 heterocycles. The van der Waals surface area contributed by atoms with Crippen molar-refractivity contribution in [3.8, 4) is 11.3 Å². The molecule has 0 saturated heterocycles. The van der Waals surface area contributed by atoms with Crippen molar-refractivity contribution in [3.05, 3.63) is 66.2 Å². The van der Waals surface area contributed by atoms with Gasteiger partial charge in [-0.3, -0.25) is 4.98 Å². The van der Waals surface area contributed by atoms with E-state index in [1.807, 2.05) is 30.3 Å². The summed E-state index contributed by atoms with van der Waals surface area (Å²) in [6.07, 6.45) is -4.62. The van der Waals surface area contributed by atoms with Crippen LogP contribution in [0, 0.1) is 6.07 Å². The molecule has 0 spiro atoms. The van der Waals surface area contributed by atoms with Gasteiger partial charge in [0.05, 0.1) is 17.7 Å². The van der Waals surface area contributed by atoms with E-state index in [0.717, 1.165) is 23.0 Å². The van der Waals surface area contributed by atoms with Gasteiger partial charge in [0.2, 0.25) is 0 Å². The molecule has 0 aliphatic carbocycles. The van der Waals surface area contributed by atoms with Gasteiger partial charge in [-0.05, 0) is 43.0 Å². The number of hydrogen-bond acceptors (Lipinski definition) is 3. The van der Waals surface area contributed by atoms with Crippen LogP contribution in [-0.4, -0.2) is 27.4 Å². The Bertz CT molecular complexity index is 859. The van der Waals surface area contributed by atoms with Gasteiger partial charge in [0, 0.05) is 20.1 Å². The Morgan fingerprint density at radius 1 is 0.964 bits per heavy atom. The number of halogens is 3. The molecular weight excluding hydrogens is 547 g/mol. The molecule has 3 nitrogen and oxygen atoms in total. The standard InChI is InChI=1S/C16H9F3N.C5H12O2.Ir/c17-16(18,19)13-8-5-12(6-9-13)15-10-7-11-3-1-2-4-14(11)20-15;1-4(6)3-5(2)7;/h1-5,7-10H;4-7H,3H2,1-2H3;/q-1;;. The molecule has 0 aliphatic rings. The van der Waals surface area contributed by atoms with Crippen LogP contribution in [0.1, 0.15) is 25.8 Å². The number of benzene rings is 2. The maximum atomic E-state index is 12.5. The summed E-state index contributed by atoms with van der Waals surface area (Å²) in [5.41, 5.74) is 1.25. The van der Waals surface area contributed by atoms with E-state index in [1.165, 1.54) is 6.07 Å². The molecule has 3 rings (SSSR count). The van der Waals surface area contributed by atoms with Crippen molar-refractivity contribution in [2.45, 2.75) is 38.7 Å². The van der Waals surface area contributed by atoms with Crippen LogP contribution >= 0.6 is 0 Å². The average Bonchev–Trinajstić information content (AvgIpc) is 2.60. The van der Waals surface area contributed by atoms with Crippen molar-refractivity contribution in [2.24, 2.45) is 0 Å². The minimum absolute atomic E-state index is 0. The monoisotopic (exact) mass is 569 g/mol. The van der Waals surface area contributed by atoms with E-state index in [-0.39, 0.29) is 32.3 Å². The van der Waals surface area contributed by atoms with Gasteiger partial charge in [-0.25, -0.2) is 0 Å². The van der Waals surface area contributed by atoms with Gasteiger partial charge in [0.1, 0.15) is 0 Å². The van der Waals surface area contributed by atoms with Crippen LogP contribution < -0.4 is 0 Å². The number of pyridine rings is 1. The Kier molecular flexibility index (Phi) is 9.24. The number of aliphatic hydroxyl groups is 2. The first-order valence-electron chi connectivity index (χ1n) is 8.48. The second-order valence-corrected chi connectivity index (χ2v) is 6.31. The molecule has 7 heteroatoms. The van der Waals surface area contributed by atoms with Crippen LogP contribution in [0.3, 0.4) is 0 Å². The molecule has 2 N–H and O–H groups in total. The molecule has 2 unspecified atom stereocenters. The van der Waals surface area contributed by atoms with Gasteiger partial charge in [-0.15, -0.1) is 29.8 Å². The SMILES string of the molecule is CC(O)CC(C)O.FC(F)(F)c1c[c-]c(-c2ccc3ccccc3n2)cc1.[Ir]. The third kappa shape index (κ3) is 7.32. The summed E-state index contributed by atoms with van der Waals surface area (Å²) in [7, 11) is 0. The van der Waals surface area contributed by atoms with E-state index < -0.39 is 11.7 Å².